The zero-order chi connectivity index (χ0) is 23.2. The Morgan fingerprint density at radius 3 is 1.03 bits per heavy atom. The quantitative estimate of drug-likeness (QED) is 0.357. The summed E-state index contributed by atoms with van der Waals surface area (Å²) in [5.74, 6) is 0.568. The molecule has 4 rings (SSSR count). The maximum atomic E-state index is 9.57. The SMILES string of the molecule is CC(C)(c1ccc(O)cc1)c1cccc(C(C)(C)c2ccc(O)cc2)c1.c1ccccc1. The fraction of sp³-hybridized carbons (Fsp3) is 0.200. The molecular weight excluding hydrogens is 392 g/mol. The van der Waals surface area contributed by atoms with Crippen LogP contribution in [0.4, 0.5) is 0 Å². The molecule has 0 bridgehead atoms. The van der Waals surface area contributed by atoms with Crippen LogP contribution < -0.4 is 0 Å². The van der Waals surface area contributed by atoms with E-state index in [4.69, 9.17) is 0 Å². The number of hydrogen-bond donors (Lipinski definition) is 2. The first-order valence-corrected chi connectivity index (χ1v) is 10.9. The second kappa shape index (κ2) is 9.74. The summed E-state index contributed by atoms with van der Waals surface area (Å²) in [6.07, 6.45) is 0. The Bertz CT molecular complexity index is 1010. The molecule has 4 aromatic rings. The van der Waals surface area contributed by atoms with Gasteiger partial charge in [-0.1, -0.05) is 113 Å². The van der Waals surface area contributed by atoms with Crippen molar-refractivity contribution in [3.8, 4) is 11.5 Å². The maximum Gasteiger partial charge on any atom is 0.115 e. The molecule has 0 aliphatic carbocycles. The zero-order valence-electron chi connectivity index (χ0n) is 19.3. The predicted octanol–water partition coefficient (Wildman–Crippen LogP) is 7.44. The monoisotopic (exact) mass is 424 g/mol. The van der Waals surface area contributed by atoms with Crippen LogP contribution >= 0.6 is 0 Å². The van der Waals surface area contributed by atoms with Gasteiger partial charge in [0.2, 0.25) is 0 Å². The fourth-order valence-electron chi connectivity index (χ4n) is 3.77. The average molecular weight is 425 g/mol. The third-order valence-electron chi connectivity index (χ3n) is 6.15. The standard InChI is InChI=1S/C24H26O2.C6H6/c1-23(2,17-8-12-21(25)13-9-17)19-6-5-7-20(16-19)24(3,4)18-10-14-22(26)15-11-18;1-2-4-6-5-3-1/h5-16,25-26H,1-4H3;1-6H. The van der Waals surface area contributed by atoms with Gasteiger partial charge in [0.05, 0.1) is 0 Å². The third kappa shape index (κ3) is 5.39. The van der Waals surface area contributed by atoms with Crippen molar-refractivity contribution in [1.29, 1.82) is 0 Å². The van der Waals surface area contributed by atoms with Crippen molar-refractivity contribution in [2.24, 2.45) is 0 Å². The minimum atomic E-state index is -0.172. The lowest BCUT2D eigenvalue weighted by atomic mass is 9.73. The van der Waals surface area contributed by atoms with Crippen molar-refractivity contribution >= 4 is 0 Å². The van der Waals surface area contributed by atoms with Crippen LogP contribution in [-0.2, 0) is 10.8 Å². The van der Waals surface area contributed by atoms with E-state index in [1.165, 1.54) is 11.1 Å². The van der Waals surface area contributed by atoms with Gasteiger partial charge in [0, 0.05) is 10.8 Å². The van der Waals surface area contributed by atoms with E-state index in [1.807, 2.05) is 60.7 Å². The molecule has 0 aromatic heterocycles. The second-order valence-electron chi connectivity index (χ2n) is 9.08. The molecule has 32 heavy (non-hydrogen) atoms. The van der Waals surface area contributed by atoms with Gasteiger partial charge < -0.3 is 10.2 Å². The number of benzene rings is 4. The summed E-state index contributed by atoms with van der Waals surface area (Å²) in [4.78, 5) is 0. The molecule has 4 aromatic carbocycles. The van der Waals surface area contributed by atoms with Gasteiger partial charge in [-0.2, -0.15) is 0 Å². The topological polar surface area (TPSA) is 40.5 Å². The molecule has 0 aliphatic heterocycles. The number of rotatable bonds is 4. The largest absolute Gasteiger partial charge is 0.508 e. The van der Waals surface area contributed by atoms with E-state index in [0.29, 0.717) is 0 Å². The van der Waals surface area contributed by atoms with Gasteiger partial charge in [0.15, 0.2) is 0 Å². The van der Waals surface area contributed by atoms with Gasteiger partial charge in [-0.25, -0.2) is 0 Å². The van der Waals surface area contributed by atoms with E-state index < -0.39 is 0 Å². The number of phenols is 2. The van der Waals surface area contributed by atoms with Gasteiger partial charge >= 0.3 is 0 Å². The normalized spacial score (nSPS) is 11.4. The molecule has 2 heteroatoms. The van der Waals surface area contributed by atoms with Crippen LogP contribution in [0.2, 0.25) is 0 Å². The van der Waals surface area contributed by atoms with Gasteiger partial charge in [0.25, 0.3) is 0 Å². The highest BCUT2D eigenvalue weighted by Crippen LogP contribution is 2.37. The molecule has 0 fully saturated rings. The smallest absolute Gasteiger partial charge is 0.115 e. The van der Waals surface area contributed by atoms with Crippen LogP contribution in [0.15, 0.2) is 109 Å². The van der Waals surface area contributed by atoms with Crippen molar-refractivity contribution in [3.05, 3.63) is 131 Å². The Labute approximate surface area is 191 Å². The highest BCUT2D eigenvalue weighted by molar-refractivity contribution is 5.45. The summed E-state index contributed by atoms with van der Waals surface area (Å²) < 4.78 is 0. The molecule has 0 saturated carbocycles. The summed E-state index contributed by atoms with van der Waals surface area (Å²) in [6, 6.07) is 35.5. The summed E-state index contributed by atoms with van der Waals surface area (Å²) >= 11 is 0. The second-order valence-corrected chi connectivity index (χ2v) is 9.08. The summed E-state index contributed by atoms with van der Waals surface area (Å²) in [5, 5.41) is 19.1. The van der Waals surface area contributed by atoms with E-state index >= 15 is 0 Å². The first-order valence-electron chi connectivity index (χ1n) is 10.9. The molecule has 0 saturated heterocycles. The predicted molar refractivity (Wildman–Crippen MR) is 133 cm³/mol. The molecule has 0 spiro atoms. The van der Waals surface area contributed by atoms with Gasteiger partial charge in [-0.3, -0.25) is 0 Å². The minimum absolute atomic E-state index is 0.172. The summed E-state index contributed by atoms with van der Waals surface area (Å²) in [5.41, 5.74) is 4.44. The van der Waals surface area contributed by atoms with Crippen LogP contribution in [0, 0.1) is 0 Å². The van der Waals surface area contributed by atoms with Gasteiger partial charge in [0.1, 0.15) is 11.5 Å². The first kappa shape index (κ1) is 23.1. The lowest BCUT2D eigenvalue weighted by molar-refractivity contribution is 0.474. The Morgan fingerprint density at radius 1 is 0.406 bits per heavy atom. The van der Waals surface area contributed by atoms with Crippen molar-refractivity contribution in [2.75, 3.05) is 0 Å². The molecule has 0 atom stereocenters. The number of phenolic OH excluding ortho intramolecular Hbond substituents is 2. The van der Waals surface area contributed by atoms with Crippen LogP contribution in [0.1, 0.15) is 49.9 Å². The lowest BCUT2D eigenvalue weighted by Crippen LogP contribution is -2.22. The van der Waals surface area contributed by atoms with Gasteiger partial charge in [-0.15, -0.1) is 0 Å². The Morgan fingerprint density at radius 2 is 0.719 bits per heavy atom. The molecule has 2 N–H and O–H groups in total. The zero-order valence-corrected chi connectivity index (χ0v) is 19.3. The van der Waals surface area contributed by atoms with Crippen LogP contribution in [-0.4, -0.2) is 10.2 Å². The number of aromatic hydroxyl groups is 2. The third-order valence-corrected chi connectivity index (χ3v) is 6.15. The Hall–Kier alpha value is -3.52. The highest BCUT2D eigenvalue weighted by atomic mass is 16.3. The maximum absolute atomic E-state index is 9.57. The van der Waals surface area contributed by atoms with E-state index in [9.17, 15) is 10.2 Å². The molecule has 0 heterocycles. The molecule has 0 aliphatic rings. The highest BCUT2D eigenvalue weighted by Gasteiger charge is 2.27. The first-order chi connectivity index (χ1) is 15.2. The van der Waals surface area contributed by atoms with Crippen molar-refractivity contribution < 1.29 is 10.2 Å². The van der Waals surface area contributed by atoms with E-state index in [-0.39, 0.29) is 22.3 Å². The average Bonchev–Trinajstić information content (AvgIpc) is 2.81. The Balaban J connectivity index is 0.000000416. The van der Waals surface area contributed by atoms with Crippen LogP contribution in [0.5, 0.6) is 11.5 Å². The van der Waals surface area contributed by atoms with Gasteiger partial charge in [-0.05, 0) is 46.5 Å². The van der Waals surface area contributed by atoms with E-state index in [1.54, 1.807) is 24.3 Å². The lowest BCUT2D eigenvalue weighted by Gasteiger charge is -2.31. The summed E-state index contributed by atoms with van der Waals surface area (Å²) in [7, 11) is 0. The van der Waals surface area contributed by atoms with Crippen molar-refractivity contribution in [2.45, 2.75) is 38.5 Å². The number of hydrogen-bond acceptors (Lipinski definition) is 2. The van der Waals surface area contributed by atoms with E-state index in [0.717, 1.165) is 11.1 Å². The molecule has 0 unspecified atom stereocenters. The van der Waals surface area contributed by atoms with E-state index in [2.05, 4.69) is 52.0 Å². The molecular formula is C30H32O2. The minimum Gasteiger partial charge on any atom is -0.508 e. The van der Waals surface area contributed by atoms with Crippen molar-refractivity contribution in [1.82, 2.24) is 0 Å². The Kier molecular flexibility index (Phi) is 7.05. The van der Waals surface area contributed by atoms with Crippen molar-refractivity contribution in [3.63, 3.8) is 0 Å². The fourth-order valence-corrected chi connectivity index (χ4v) is 3.77. The van der Waals surface area contributed by atoms with Crippen LogP contribution in [0.25, 0.3) is 0 Å². The summed E-state index contributed by atoms with van der Waals surface area (Å²) in [6.45, 7) is 8.80. The molecule has 2 nitrogen and oxygen atoms in total. The molecule has 164 valence electrons. The molecule has 0 amide bonds. The van der Waals surface area contributed by atoms with Crippen LogP contribution in [0.3, 0.4) is 0 Å². The molecule has 0 radical (unpaired) electrons.